The first kappa shape index (κ1) is 25.2. The van der Waals surface area contributed by atoms with Gasteiger partial charge in [0.1, 0.15) is 0 Å². The maximum absolute atomic E-state index is 12.3. The second kappa shape index (κ2) is 11.5. The lowest BCUT2D eigenvalue weighted by Crippen LogP contribution is -2.47. The van der Waals surface area contributed by atoms with Crippen molar-refractivity contribution in [1.29, 1.82) is 0 Å². The SMILES string of the molecule is CCCCOC(=O)NC(CO[Si](C)(C)C(C)(C)C)Cc1ccc(-c2ccccc2)cc1. The van der Waals surface area contributed by atoms with Crippen molar-refractivity contribution in [3.63, 3.8) is 0 Å². The van der Waals surface area contributed by atoms with Gasteiger partial charge in [-0.15, -0.1) is 0 Å². The highest BCUT2D eigenvalue weighted by atomic mass is 28.4. The zero-order valence-corrected chi connectivity index (χ0v) is 21.0. The van der Waals surface area contributed by atoms with Gasteiger partial charge in [0.2, 0.25) is 0 Å². The lowest BCUT2D eigenvalue weighted by atomic mass is 10.0. The molecule has 2 rings (SSSR count). The maximum atomic E-state index is 12.3. The number of carbonyl (C=O) groups excluding carboxylic acids is 1. The van der Waals surface area contributed by atoms with Gasteiger partial charge in [-0.05, 0) is 47.7 Å². The van der Waals surface area contributed by atoms with Crippen molar-refractivity contribution >= 4 is 14.4 Å². The van der Waals surface area contributed by atoms with Crippen molar-refractivity contribution in [2.45, 2.75) is 71.1 Å². The van der Waals surface area contributed by atoms with E-state index in [-0.39, 0.29) is 17.2 Å². The number of unbranched alkanes of at least 4 members (excludes halogenated alkanes) is 1. The molecule has 2 aromatic rings. The number of nitrogens with one attached hydrogen (secondary N) is 1. The highest BCUT2D eigenvalue weighted by Crippen LogP contribution is 2.36. The lowest BCUT2D eigenvalue weighted by molar-refractivity contribution is 0.134. The van der Waals surface area contributed by atoms with E-state index in [1.165, 1.54) is 11.1 Å². The molecule has 0 aliphatic heterocycles. The third-order valence-electron chi connectivity index (χ3n) is 6.05. The van der Waals surface area contributed by atoms with Crippen molar-refractivity contribution < 1.29 is 14.0 Å². The zero-order valence-electron chi connectivity index (χ0n) is 20.0. The lowest BCUT2D eigenvalue weighted by Gasteiger charge is -2.37. The minimum atomic E-state index is -1.91. The molecular weight excluding hydrogens is 402 g/mol. The van der Waals surface area contributed by atoms with Gasteiger partial charge in [0.15, 0.2) is 8.32 Å². The highest BCUT2D eigenvalue weighted by molar-refractivity contribution is 6.74. The van der Waals surface area contributed by atoms with Crippen LogP contribution in [-0.2, 0) is 15.6 Å². The van der Waals surface area contributed by atoms with Crippen LogP contribution in [0.25, 0.3) is 11.1 Å². The highest BCUT2D eigenvalue weighted by Gasteiger charge is 2.37. The van der Waals surface area contributed by atoms with Crippen LogP contribution in [-0.4, -0.2) is 33.7 Å². The Balaban J connectivity index is 2.07. The molecule has 1 unspecified atom stereocenters. The van der Waals surface area contributed by atoms with Crippen LogP contribution in [0.2, 0.25) is 18.1 Å². The molecule has 1 amide bonds. The van der Waals surface area contributed by atoms with E-state index >= 15 is 0 Å². The Labute approximate surface area is 189 Å². The summed E-state index contributed by atoms with van der Waals surface area (Å²) in [6.07, 6.45) is 2.21. The summed E-state index contributed by atoms with van der Waals surface area (Å²) in [6.45, 7) is 14.2. The van der Waals surface area contributed by atoms with Crippen LogP contribution in [0.15, 0.2) is 54.6 Å². The first-order valence-corrected chi connectivity index (χ1v) is 14.2. The molecule has 31 heavy (non-hydrogen) atoms. The molecule has 0 heterocycles. The molecule has 0 spiro atoms. The topological polar surface area (TPSA) is 47.6 Å². The van der Waals surface area contributed by atoms with Crippen molar-refractivity contribution in [3.05, 3.63) is 60.2 Å². The average Bonchev–Trinajstić information content (AvgIpc) is 2.72. The molecule has 1 atom stereocenters. The smallest absolute Gasteiger partial charge is 0.407 e. The number of hydrogen-bond acceptors (Lipinski definition) is 3. The van der Waals surface area contributed by atoms with Crippen molar-refractivity contribution in [1.82, 2.24) is 5.32 Å². The molecule has 2 aromatic carbocycles. The molecule has 0 fully saturated rings. The molecule has 0 saturated carbocycles. The summed E-state index contributed by atoms with van der Waals surface area (Å²) in [5, 5.41) is 3.15. The molecule has 0 radical (unpaired) electrons. The van der Waals surface area contributed by atoms with Gasteiger partial charge in [-0.1, -0.05) is 88.7 Å². The van der Waals surface area contributed by atoms with E-state index in [0.717, 1.165) is 18.4 Å². The number of alkyl carbamates (subject to hydrolysis) is 1. The zero-order chi connectivity index (χ0) is 22.9. The normalized spacial score (nSPS) is 13.0. The summed E-state index contributed by atoms with van der Waals surface area (Å²) in [4.78, 5) is 12.3. The van der Waals surface area contributed by atoms with Gasteiger partial charge >= 0.3 is 6.09 Å². The fourth-order valence-electron chi connectivity index (χ4n) is 2.94. The van der Waals surface area contributed by atoms with Gasteiger partial charge in [-0.2, -0.15) is 0 Å². The molecule has 0 aliphatic carbocycles. The van der Waals surface area contributed by atoms with E-state index in [4.69, 9.17) is 9.16 Å². The van der Waals surface area contributed by atoms with E-state index in [2.05, 4.69) is 82.5 Å². The number of amides is 1. The monoisotopic (exact) mass is 441 g/mol. The minimum absolute atomic E-state index is 0.122. The van der Waals surface area contributed by atoms with Crippen LogP contribution >= 0.6 is 0 Å². The van der Waals surface area contributed by atoms with Gasteiger partial charge in [0, 0.05) is 0 Å². The summed E-state index contributed by atoms with van der Waals surface area (Å²) in [5.41, 5.74) is 3.55. The molecular formula is C26H39NO3Si. The predicted octanol–water partition coefficient (Wildman–Crippen LogP) is 6.81. The summed E-state index contributed by atoms with van der Waals surface area (Å²) >= 11 is 0. The Hall–Kier alpha value is -2.11. The van der Waals surface area contributed by atoms with Gasteiger partial charge in [-0.3, -0.25) is 0 Å². The Kier molecular flexibility index (Phi) is 9.32. The fourth-order valence-corrected chi connectivity index (χ4v) is 3.99. The van der Waals surface area contributed by atoms with Gasteiger partial charge in [0.05, 0.1) is 19.3 Å². The third kappa shape index (κ3) is 8.15. The molecule has 170 valence electrons. The van der Waals surface area contributed by atoms with Crippen LogP contribution in [0.3, 0.4) is 0 Å². The van der Waals surface area contributed by atoms with Crippen molar-refractivity contribution in [3.8, 4) is 11.1 Å². The minimum Gasteiger partial charge on any atom is -0.450 e. The average molecular weight is 442 g/mol. The summed E-state index contributed by atoms with van der Waals surface area (Å²) < 4.78 is 11.7. The fraction of sp³-hybridized carbons (Fsp3) is 0.500. The summed E-state index contributed by atoms with van der Waals surface area (Å²) in [5.74, 6) is 0. The Morgan fingerprint density at radius 2 is 1.61 bits per heavy atom. The molecule has 5 heteroatoms. The summed E-state index contributed by atoms with van der Waals surface area (Å²) in [7, 11) is -1.91. The van der Waals surface area contributed by atoms with E-state index in [1.807, 2.05) is 18.2 Å². The van der Waals surface area contributed by atoms with Crippen molar-refractivity contribution in [2.24, 2.45) is 0 Å². The third-order valence-corrected chi connectivity index (χ3v) is 10.5. The Morgan fingerprint density at radius 1 is 1.00 bits per heavy atom. The van der Waals surface area contributed by atoms with Crippen LogP contribution in [0.5, 0.6) is 0 Å². The quantitative estimate of drug-likeness (QED) is 0.325. The van der Waals surface area contributed by atoms with Gasteiger partial charge in [-0.25, -0.2) is 4.79 Å². The number of rotatable bonds is 10. The first-order chi connectivity index (χ1) is 14.6. The van der Waals surface area contributed by atoms with E-state index in [9.17, 15) is 4.79 Å². The number of hydrogen-bond donors (Lipinski definition) is 1. The first-order valence-electron chi connectivity index (χ1n) is 11.3. The van der Waals surface area contributed by atoms with E-state index in [1.54, 1.807) is 0 Å². The molecule has 0 bridgehead atoms. The summed E-state index contributed by atoms with van der Waals surface area (Å²) in [6, 6.07) is 18.7. The van der Waals surface area contributed by atoms with Crippen LogP contribution in [0.4, 0.5) is 4.79 Å². The molecule has 0 aromatic heterocycles. The Bertz CT molecular complexity index is 798. The predicted molar refractivity (Wildman–Crippen MR) is 132 cm³/mol. The van der Waals surface area contributed by atoms with Gasteiger partial charge in [0.25, 0.3) is 0 Å². The second-order valence-corrected chi connectivity index (χ2v) is 14.5. The largest absolute Gasteiger partial charge is 0.450 e. The second-order valence-electron chi connectivity index (χ2n) is 9.67. The molecule has 0 aliphatic rings. The Morgan fingerprint density at radius 3 is 2.19 bits per heavy atom. The van der Waals surface area contributed by atoms with Crippen molar-refractivity contribution in [2.75, 3.05) is 13.2 Å². The molecule has 4 nitrogen and oxygen atoms in total. The number of benzene rings is 2. The van der Waals surface area contributed by atoms with Gasteiger partial charge < -0.3 is 14.5 Å². The molecule has 1 N–H and O–H groups in total. The van der Waals surface area contributed by atoms with Crippen LogP contribution < -0.4 is 5.32 Å². The number of ether oxygens (including phenoxy) is 1. The van der Waals surface area contributed by atoms with E-state index in [0.29, 0.717) is 19.6 Å². The maximum Gasteiger partial charge on any atom is 0.407 e. The van der Waals surface area contributed by atoms with Crippen LogP contribution in [0, 0.1) is 0 Å². The molecule has 0 saturated heterocycles. The van der Waals surface area contributed by atoms with Crippen LogP contribution in [0.1, 0.15) is 46.1 Å². The van der Waals surface area contributed by atoms with E-state index < -0.39 is 8.32 Å². The standard InChI is InChI=1S/C26H39NO3Si/c1-7-8-18-29-25(28)27-24(20-30-31(5,6)26(2,3)4)19-21-14-16-23(17-15-21)22-12-10-9-11-13-22/h9-17,24H,7-8,18-20H2,1-6H3,(H,27,28). The number of carbonyl (C=O) groups is 1.